The van der Waals surface area contributed by atoms with Gasteiger partial charge in [-0.05, 0) is 12.1 Å². The summed E-state index contributed by atoms with van der Waals surface area (Å²) in [6.07, 6.45) is -1.64. The van der Waals surface area contributed by atoms with Gasteiger partial charge in [-0.15, -0.1) is 0 Å². The minimum absolute atomic E-state index is 0.0268. The van der Waals surface area contributed by atoms with Crippen LogP contribution in [0.3, 0.4) is 0 Å². The summed E-state index contributed by atoms with van der Waals surface area (Å²) in [7, 11) is 2.55. The molecule has 1 aromatic carbocycles. The van der Waals surface area contributed by atoms with E-state index in [4.69, 9.17) is 9.47 Å². The number of benzene rings is 1. The second kappa shape index (κ2) is 8.14. The highest BCUT2D eigenvalue weighted by molar-refractivity contribution is 6.21. The van der Waals surface area contributed by atoms with Crippen molar-refractivity contribution in [3.63, 3.8) is 0 Å². The summed E-state index contributed by atoms with van der Waals surface area (Å²) in [5.74, 6) is -1.29. The van der Waals surface area contributed by atoms with Crippen molar-refractivity contribution in [3.05, 3.63) is 71.2 Å². The maximum absolute atomic E-state index is 12.8. The molecule has 0 atom stereocenters. The van der Waals surface area contributed by atoms with Crippen molar-refractivity contribution < 1.29 is 27.8 Å². The van der Waals surface area contributed by atoms with Gasteiger partial charge in [-0.1, -0.05) is 30.3 Å². The number of halogens is 2. The first kappa shape index (κ1) is 18.3. The summed E-state index contributed by atoms with van der Waals surface area (Å²) >= 11 is 0. The molecule has 0 spiro atoms. The summed E-state index contributed by atoms with van der Waals surface area (Å²) in [5.41, 5.74) is -0.240. The monoisotopic (exact) mass is 347 g/mol. The minimum atomic E-state index is -2.79. The van der Waals surface area contributed by atoms with Gasteiger partial charge in [0, 0.05) is 11.1 Å². The van der Waals surface area contributed by atoms with Gasteiger partial charge in [-0.3, -0.25) is 4.79 Å². The van der Waals surface area contributed by atoms with Crippen LogP contribution in [0.5, 0.6) is 0 Å². The fourth-order valence-electron chi connectivity index (χ4n) is 2.20. The predicted molar refractivity (Wildman–Crippen MR) is 86.1 cm³/mol. The number of nitrogens with zero attached hydrogens (tertiary/aromatic N) is 1. The number of carbonyl (C=O) groups is 2. The SMILES string of the molecule is COC=C(C(=O)OC)c1ccccc1C(=O)c1cccc(C(F)F)n1. The van der Waals surface area contributed by atoms with E-state index >= 15 is 0 Å². The second-order valence-corrected chi connectivity index (χ2v) is 4.88. The van der Waals surface area contributed by atoms with Crippen molar-refractivity contribution in [1.29, 1.82) is 0 Å². The average molecular weight is 347 g/mol. The van der Waals surface area contributed by atoms with Crippen molar-refractivity contribution in [1.82, 2.24) is 4.98 Å². The highest BCUT2D eigenvalue weighted by Gasteiger charge is 2.22. The Hall–Kier alpha value is -3.09. The summed E-state index contributed by atoms with van der Waals surface area (Å²) in [5, 5.41) is 0. The first-order chi connectivity index (χ1) is 12.0. The lowest BCUT2D eigenvalue weighted by atomic mass is 9.96. The molecule has 2 aromatic rings. The molecule has 2 rings (SSSR count). The zero-order chi connectivity index (χ0) is 18.4. The van der Waals surface area contributed by atoms with Gasteiger partial charge in [0.05, 0.1) is 20.5 Å². The van der Waals surface area contributed by atoms with E-state index < -0.39 is 23.9 Å². The van der Waals surface area contributed by atoms with E-state index in [0.29, 0.717) is 0 Å². The molecule has 0 amide bonds. The van der Waals surface area contributed by atoms with Gasteiger partial charge >= 0.3 is 5.97 Å². The minimum Gasteiger partial charge on any atom is -0.503 e. The molecule has 0 unspecified atom stereocenters. The molecule has 1 heterocycles. The Morgan fingerprint density at radius 2 is 1.72 bits per heavy atom. The van der Waals surface area contributed by atoms with E-state index in [0.717, 1.165) is 12.3 Å². The van der Waals surface area contributed by atoms with E-state index in [-0.39, 0.29) is 22.4 Å². The number of pyridine rings is 1. The molecular formula is C18H15F2NO4. The van der Waals surface area contributed by atoms with Crippen LogP contribution in [0.1, 0.15) is 33.7 Å². The standard InChI is InChI=1S/C18H15F2NO4/c1-24-10-13(18(23)25-2)11-6-3-4-7-12(11)16(22)14-8-5-9-15(21-14)17(19)20/h3-10,17H,1-2H3. The van der Waals surface area contributed by atoms with Gasteiger partial charge in [0.15, 0.2) is 0 Å². The van der Waals surface area contributed by atoms with Gasteiger partial charge in [-0.2, -0.15) is 0 Å². The molecule has 0 saturated carbocycles. The third kappa shape index (κ3) is 4.06. The third-order valence-electron chi connectivity index (χ3n) is 3.33. The van der Waals surface area contributed by atoms with Crippen LogP contribution in [-0.2, 0) is 14.3 Å². The maximum Gasteiger partial charge on any atom is 0.341 e. The fraction of sp³-hybridized carbons (Fsp3) is 0.167. The molecule has 0 bridgehead atoms. The Balaban J connectivity index is 2.53. The average Bonchev–Trinajstić information content (AvgIpc) is 2.65. The Bertz CT molecular complexity index is 818. The zero-order valence-electron chi connectivity index (χ0n) is 13.5. The van der Waals surface area contributed by atoms with Gasteiger partial charge in [-0.25, -0.2) is 18.6 Å². The first-order valence-corrected chi connectivity index (χ1v) is 7.20. The largest absolute Gasteiger partial charge is 0.503 e. The van der Waals surface area contributed by atoms with Gasteiger partial charge in [0.1, 0.15) is 17.0 Å². The number of esters is 1. The summed E-state index contributed by atoms with van der Waals surface area (Å²) < 4.78 is 35.2. The number of rotatable bonds is 6. The number of alkyl halides is 2. The Morgan fingerprint density at radius 1 is 1.04 bits per heavy atom. The third-order valence-corrected chi connectivity index (χ3v) is 3.33. The predicted octanol–water partition coefficient (Wildman–Crippen LogP) is 3.41. The van der Waals surface area contributed by atoms with Crippen LogP contribution in [0, 0.1) is 0 Å². The lowest BCUT2D eigenvalue weighted by Crippen LogP contribution is -2.12. The molecule has 0 N–H and O–H groups in total. The van der Waals surface area contributed by atoms with Crippen molar-refractivity contribution in [2.75, 3.05) is 14.2 Å². The molecule has 0 aliphatic rings. The number of hydrogen-bond donors (Lipinski definition) is 0. The van der Waals surface area contributed by atoms with E-state index in [9.17, 15) is 18.4 Å². The molecule has 5 nitrogen and oxygen atoms in total. The molecular weight excluding hydrogens is 332 g/mol. The Morgan fingerprint density at radius 3 is 2.32 bits per heavy atom. The maximum atomic E-state index is 12.8. The van der Waals surface area contributed by atoms with Gasteiger partial charge in [0.2, 0.25) is 5.78 Å². The fourth-order valence-corrected chi connectivity index (χ4v) is 2.20. The lowest BCUT2D eigenvalue weighted by molar-refractivity contribution is -0.133. The highest BCUT2D eigenvalue weighted by Crippen LogP contribution is 2.24. The van der Waals surface area contributed by atoms with Crippen molar-refractivity contribution in [2.45, 2.75) is 6.43 Å². The molecule has 0 saturated heterocycles. The molecule has 7 heteroatoms. The number of methoxy groups -OCH3 is 2. The lowest BCUT2D eigenvalue weighted by Gasteiger charge is -2.11. The first-order valence-electron chi connectivity index (χ1n) is 7.20. The van der Waals surface area contributed by atoms with Crippen molar-refractivity contribution in [2.24, 2.45) is 0 Å². The van der Waals surface area contributed by atoms with Crippen molar-refractivity contribution >= 4 is 17.3 Å². The van der Waals surface area contributed by atoms with Crippen LogP contribution in [-0.4, -0.2) is 31.0 Å². The number of ether oxygens (including phenoxy) is 2. The van der Waals surface area contributed by atoms with Crippen LogP contribution in [0.2, 0.25) is 0 Å². The number of carbonyl (C=O) groups excluding carboxylic acids is 2. The molecule has 25 heavy (non-hydrogen) atoms. The summed E-state index contributed by atoms with van der Waals surface area (Å²) in [4.78, 5) is 28.4. The molecule has 1 aromatic heterocycles. The van der Waals surface area contributed by atoms with E-state index in [1.807, 2.05) is 0 Å². The highest BCUT2D eigenvalue weighted by atomic mass is 19.3. The van der Waals surface area contributed by atoms with Gasteiger partial charge in [0.25, 0.3) is 6.43 Å². The van der Waals surface area contributed by atoms with E-state index in [1.54, 1.807) is 12.1 Å². The number of aromatic nitrogens is 1. The van der Waals surface area contributed by atoms with Crippen LogP contribution in [0.25, 0.3) is 5.57 Å². The number of hydrogen-bond acceptors (Lipinski definition) is 5. The number of ketones is 1. The van der Waals surface area contributed by atoms with Crippen LogP contribution >= 0.6 is 0 Å². The molecule has 0 radical (unpaired) electrons. The van der Waals surface area contributed by atoms with E-state index in [1.165, 1.54) is 38.5 Å². The zero-order valence-corrected chi connectivity index (χ0v) is 13.5. The summed E-state index contributed by atoms with van der Waals surface area (Å²) in [6, 6.07) is 10.0. The smallest absolute Gasteiger partial charge is 0.341 e. The normalized spacial score (nSPS) is 11.3. The van der Waals surface area contributed by atoms with Crippen LogP contribution in [0.4, 0.5) is 8.78 Å². The van der Waals surface area contributed by atoms with Crippen LogP contribution < -0.4 is 0 Å². The molecule has 0 fully saturated rings. The van der Waals surface area contributed by atoms with Crippen molar-refractivity contribution in [3.8, 4) is 0 Å². The molecule has 0 aliphatic heterocycles. The quantitative estimate of drug-likeness (QED) is 0.347. The van der Waals surface area contributed by atoms with E-state index in [2.05, 4.69) is 4.98 Å². The summed E-state index contributed by atoms with van der Waals surface area (Å²) in [6.45, 7) is 0. The van der Waals surface area contributed by atoms with Gasteiger partial charge < -0.3 is 9.47 Å². The Kier molecular flexibility index (Phi) is 5.94. The second-order valence-electron chi connectivity index (χ2n) is 4.88. The Labute approximate surface area is 142 Å². The topological polar surface area (TPSA) is 65.5 Å². The molecule has 130 valence electrons. The molecule has 0 aliphatic carbocycles. The van der Waals surface area contributed by atoms with Crippen LogP contribution in [0.15, 0.2) is 48.7 Å².